The molecule has 6 nitrogen and oxygen atoms in total. The van der Waals surface area contributed by atoms with Crippen LogP contribution in [0.25, 0.3) is 11.0 Å². The lowest BCUT2D eigenvalue weighted by atomic mass is 10.2. The highest BCUT2D eigenvalue weighted by Gasteiger charge is 2.15. The van der Waals surface area contributed by atoms with E-state index in [2.05, 4.69) is 48.7 Å². The predicted molar refractivity (Wildman–Crippen MR) is 101 cm³/mol. The number of pyridine rings is 1. The number of nitrogens with zero attached hydrogens (tertiary/aromatic N) is 4. The number of nitrogens with one attached hydrogen (secondary N) is 2. The lowest BCUT2D eigenvalue weighted by Crippen LogP contribution is -2.43. The molecule has 3 heterocycles. The van der Waals surface area contributed by atoms with E-state index in [9.17, 15) is 0 Å². The number of aryl methyl sites for hydroxylation is 1. The molecule has 1 aromatic carbocycles. The van der Waals surface area contributed by atoms with Crippen molar-refractivity contribution in [3.63, 3.8) is 0 Å². The minimum atomic E-state index is 0.732. The minimum Gasteiger partial charge on any atom is -0.378 e. The largest absolute Gasteiger partial charge is 0.378 e. The van der Waals surface area contributed by atoms with Crippen LogP contribution in [0.1, 0.15) is 11.3 Å². The molecule has 0 amide bonds. The zero-order valence-corrected chi connectivity index (χ0v) is 14.4. The van der Waals surface area contributed by atoms with E-state index >= 15 is 0 Å². The summed E-state index contributed by atoms with van der Waals surface area (Å²) in [6, 6.07) is 8.36. The number of benzene rings is 1. The van der Waals surface area contributed by atoms with Crippen LogP contribution < -0.4 is 15.5 Å². The molecule has 128 valence electrons. The number of aromatic nitrogens is 3. The Morgan fingerprint density at radius 3 is 2.68 bits per heavy atom. The van der Waals surface area contributed by atoms with Crippen molar-refractivity contribution in [2.75, 3.05) is 36.4 Å². The molecule has 6 heteroatoms. The van der Waals surface area contributed by atoms with E-state index in [1.54, 1.807) is 12.4 Å². The first-order chi connectivity index (χ1) is 12.3. The molecule has 0 atom stereocenters. The van der Waals surface area contributed by atoms with Gasteiger partial charge in [0, 0.05) is 50.8 Å². The molecular weight excluding hydrogens is 312 g/mol. The normalized spacial score (nSPS) is 14.7. The van der Waals surface area contributed by atoms with Crippen LogP contribution in [0.15, 0.2) is 42.9 Å². The molecule has 0 radical (unpaired) electrons. The van der Waals surface area contributed by atoms with Gasteiger partial charge in [-0.3, -0.25) is 15.0 Å². The van der Waals surface area contributed by atoms with E-state index in [1.165, 1.54) is 11.3 Å². The van der Waals surface area contributed by atoms with Gasteiger partial charge in [0.05, 0.1) is 28.6 Å². The van der Waals surface area contributed by atoms with Crippen LogP contribution in [-0.4, -0.2) is 41.1 Å². The fraction of sp³-hybridized carbons (Fsp3) is 0.316. The van der Waals surface area contributed by atoms with Gasteiger partial charge in [-0.2, -0.15) is 0 Å². The lowest BCUT2D eigenvalue weighted by molar-refractivity contribution is 0.589. The summed E-state index contributed by atoms with van der Waals surface area (Å²) in [6.07, 6.45) is 5.39. The maximum atomic E-state index is 4.47. The summed E-state index contributed by atoms with van der Waals surface area (Å²) in [5.41, 5.74) is 6.37. The van der Waals surface area contributed by atoms with Crippen molar-refractivity contribution in [1.82, 2.24) is 20.3 Å². The van der Waals surface area contributed by atoms with Gasteiger partial charge < -0.3 is 15.5 Å². The van der Waals surface area contributed by atoms with E-state index < -0.39 is 0 Å². The first-order valence-corrected chi connectivity index (χ1v) is 8.65. The Labute approximate surface area is 147 Å². The fourth-order valence-corrected chi connectivity index (χ4v) is 3.17. The summed E-state index contributed by atoms with van der Waals surface area (Å²) in [5, 5.41) is 6.95. The molecule has 0 saturated carbocycles. The molecule has 0 bridgehead atoms. The van der Waals surface area contributed by atoms with Gasteiger partial charge >= 0.3 is 0 Å². The van der Waals surface area contributed by atoms with Gasteiger partial charge in [0.1, 0.15) is 0 Å². The van der Waals surface area contributed by atoms with Gasteiger partial charge in [-0.25, -0.2) is 0 Å². The molecule has 0 aliphatic carbocycles. The number of hydrogen-bond acceptors (Lipinski definition) is 6. The third-order valence-corrected chi connectivity index (χ3v) is 4.49. The van der Waals surface area contributed by atoms with Crippen LogP contribution in [0.2, 0.25) is 0 Å². The average Bonchev–Trinajstić information content (AvgIpc) is 2.67. The highest BCUT2D eigenvalue weighted by molar-refractivity contribution is 5.75. The molecule has 0 spiro atoms. The highest BCUT2D eigenvalue weighted by Crippen LogP contribution is 2.27. The van der Waals surface area contributed by atoms with E-state index in [1.807, 2.05) is 19.2 Å². The second-order valence-corrected chi connectivity index (χ2v) is 6.31. The Morgan fingerprint density at radius 2 is 1.84 bits per heavy atom. The van der Waals surface area contributed by atoms with E-state index in [4.69, 9.17) is 0 Å². The zero-order chi connectivity index (χ0) is 17.1. The molecule has 1 saturated heterocycles. The number of rotatable bonds is 4. The fourth-order valence-electron chi connectivity index (χ4n) is 3.17. The van der Waals surface area contributed by atoms with Crippen LogP contribution >= 0.6 is 0 Å². The molecule has 0 unspecified atom stereocenters. The maximum Gasteiger partial charge on any atom is 0.0890 e. The summed E-state index contributed by atoms with van der Waals surface area (Å²) in [6.45, 7) is 6.84. The molecule has 1 aliphatic rings. The first-order valence-electron chi connectivity index (χ1n) is 8.65. The summed E-state index contributed by atoms with van der Waals surface area (Å²) in [5.74, 6) is 0. The second-order valence-electron chi connectivity index (χ2n) is 6.31. The topological polar surface area (TPSA) is 66.0 Å². The van der Waals surface area contributed by atoms with E-state index in [0.717, 1.165) is 55.1 Å². The lowest BCUT2D eigenvalue weighted by Gasteiger charge is -2.31. The Morgan fingerprint density at radius 1 is 1.04 bits per heavy atom. The van der Waals surface area contributed by atoms with Gasteiger partial charge in [-0.1, -0.05) is 6.07 Å². The number of hydrogen-bond donors (Lipinski definition) is 2. The third kappa shape index (κ3) is 3.53. The summed E-state index contributed by atoms with van der Waals surface area (Å²) in [4.78, 5) is 15.6. The molecular formula is C19H22N6. The van der Waals surface area contributed by atoms with Crippen molar-refractivity contribution < 1.29 is 0 Å². The molecule has 3 aromatic rings. The Hall–Kier alpha value is -2.73. The van der Waals surface area contributed by atoms with Crippen LogP contribution in [0.5, 0.6) is 0 Å². The molecule has 25 heavy (non-hydrogen) atoms. The van der Waals surface area contributed by atoms with Crippen molar-refractivity contribution in [1.29, 1.82) is 0 Å². The molecule has 1 fully saturated rings. The van der Waals surface area contributed by atoms with Crippen LogP contribution in [0.4, 0.5) is 11.4 Å². The molecule has 2 aromatic heterocycles. The summed E-state index contributed by atoms with van der Waals surface area (Å²) >= 11 is 0. The monoisotopic (exact) mass is 334 g/mol. The van der Waals surface area contributed by atoms with Gasteiger partial charge in [0.15, 0.2) is 0 Å². The van der Waals surface area contributed by atoms with E-state index in [-0.39, 0.29) is 0 Å². The summed E-state index contributed by atoms with van der Waals surface area (Å²) in [7, 11) is 0. The van der Waals surface area contributed by atoms with Gasteiger partial charge in [-0.15, -0.1) is 0 Å². The first kappa shape index (κ1) is 15.8. The smallest absolute Gasteiger partial charge is 0.0890 e. The van der Waals surface area contributed by atoms with Crippen molar-refractivity contribution in [3.8, 4) is 0 Å². The second kappa shape index (κ2) is 7.03. The molecule has 4 rings (SSSR count). The van der Waals surface area contributed by atoms with E-state index in [0.29, 0.717) is 0 Å². The molecule has 2 N–H and O–H groups in total. The Balaban J connectivity index is 1.55. The predicted octanol–water partition coefficient (Wildman–Crippen LogP) is 2.35. The van der Waals surface area contributed by atoms with Gasteiger partial charge in [-0.05, 0) is 30.7 Å². The van der Waals surface area contributed by atoms with Crippen molar-refractivity contribution in [2.24, 2.45) is 0 Å². The SMILES string of the molecule is Cc1cc(N2CCNCC2)c(NCc2ccc3nccnc3c2)cn1. The summed E-state index contributed by atoms with van der Waals surface area (Å²) < 4.78 is 0. The Bertz CT molecular complexity index is 873. The Kier molecular flexibility index (Phi) is 4.43. The number of piperazine rings is 1. The average molecular weight is 334 g/mol. The van der Waals surface area contributed by atoms with Crippen LogP contribution in [0, 0.1) is 6.92 Å². The van der Waals surface area contributed by atoms with Gasteiger partial charge in [0.2, 0.25) is 0 Å². The van der Waals surface area contributed by atoms with Crippen molar-refractivity contribution in [3.05, 3.63) is 54.1 Å². The van der Waals surface area contributed by atoms with Crippen LogP contribution in [0.3, 0.4) is 0 Å². The van der Waals surface area contributed by atoms with Gasteiger partial charge in [0.25, 0.3) is 0 Å². The number of anilines is 2. The zero-order valence-electron chi connectivity index (χ0n) is 14.4. The standard InChI is InChI=1S/C19H22N6/c1-14-10-19(25-8-6-20-7-9-25)18(13-23-14)24-12-15-2-3-16-17(11-15)22-5-4-21-16/h2-5,10-11,13,20,24H,6-9,12H2,1H3. The third-order valence-electron chi connectivity index (χ3n) is 4.49. The maximum absolute atomic E-state index is 4.47. The minimum absolute atomic E-state index is 0.732. The highest BCUT2D eigenvalue weighted by atomic mass is 15.2. The number of fused-ring (bicyclic) bond motifs is 1. The van der Waals surface area contributed by atoms with Crippen LogP contribution in [-0.2, 0) is 6.54 Å². The van der Waals surface area contributed by atoms with Crippen molar-refractivity contribution in [2.45, 2.75) is 13.5 Å². The quantitative estimate of drug-likeness (QED) is 0.763. The molecule has 1 aliphatic heterocycles. The van der Waals surface area contributed by atoms with Crippen molar-refractivity contribution >= 4 is 22.4 Å².